The van der Waals surface area contributed by atoms with Crippen LogP contribution in [0.2, 0.25) is 0 Å². The normalized spacial score (nSPS) is 27.5. The van der Waals surface area contributed by atoms with Crippen molar-refractivity contribution in [2.75, 3.05) is 24.5 Å². The molecule has 20 heavy (non-hydrogen) atoms. The first-order chi connectivity index (χ1) is 9.56. The van der Waals surface area contributed by atoms with Gasteiger partial charge in [0.25, 0.3) is 0 Å². The molecule has 2 aliphatic rings. The fourth-order valence-electron chi connectivity index (χ4n) is 3.47. The lowest BCUT2D eigenvalue weighted by Gasteiger charge is -2.48. The smallest absolute Gasteiger partial charge is 0.150 e. The summed E-state index contributed by atoms with van der Waals surface area (Å²) in [5.41, 5.74) is 0.130. The molecule has 5 heteroatoms. The Kier molecular flexibility index (Phi) is 4.00. The summed E-state index contributed by atoms with van der Waals surface area (Å²) in [5, 5.41) is 0. The average molecular weight is 345 g/mol. The van der Waals surface area contributed by atoms with Gasteiger partial charge in [-0.25, -0.2) is 8.78 Å². The second-order valence-electron chi connectivity index (χ2n) is 5.86. The maximum Gasteiger partial charge on any atom is 0.150 e. The Balaban J connectivity index is 1.90. The van der Waals surface area contributed by atoms with Gasteiger partial charge in [0.2, 0.25) is 0 Å². The molecule has 3 rings (SSSR count). The van der Waals surface area contributed by atoms with Gasteiger partial charge in [-0.2, -0.15) is 0 Å². The molecule has 1 aromatic rings. The molecule has 0 aromatic heterocycles. The van der Waals surface area contributed by atoms with Gasteiger partial charge in [-0.05, 0) is 38.4 Å². The van der Waals surface area contributed by atoms with Crippen LogP contribution in [0.15, 0.2) is 16.6 Å². The zero-order valence-corrected chi connectivity index (χ0v) is 13.2. The number of rotatable bonds is 1. The summed E-state index contributed by atoms with van der Waals surface area (Å²) in [4.78, 5) is 4.38. The van der Waals surface area contributed by atoms with Crippen LogP contribution in [-0.2, 0) is 0 Å². The SMILES string of the molecule is CC1CN2CCCCC2CN1c1c(F)cc(Br)cc1F. The van der Waals surface area contributed by atoms with E-state index in [-0.39, 0.29) is 11.7 Å². The molecule has 2 unspecified atom stereocenters. The van der Waals surface area contributed by atoms with Crippen LogP contribution in [0.1, 0.15) is 26.2 Å². The Morgan fingerprint density at radius 1 is 1.15 bits per heavy atom. The lowest BCUT2D eigenvalue weighted by atomic mass is 9.96. The van der Waals surface area contributed by atoms with Crippen LogP contribution in [0.25, 0.3) is 0 Å². The summed E-state index contributed by atoms with van der Waals surface area (Å²) < 4.78 is 28.8. The van der Waals surface area contributed by atoms with E-state index in [4.69, 9.17) is 0 Å². The standard InChI is InChI=1S/C15H19BrF2N2/c1-10-8-19-5-3-2-4-12(19)9-20(10)15-13(17)6-11(16)7-14(15)18/h6-7,10,12H,2-5,8-9H2,1H3. The average Bonchev–Trinajstić information content (AvgIpc) is 2.38. The van der Waals surface area contributed by atoms with E-state index < -0.39 is 11.6 Å². The van der Waals surface area contributed by atoms with Gasteiger partial charge >= 0.3 is 0 Å². The molecule has 0 spiro atoms. The number of hydrogen-bond donors (Lipinski definition) is 0. The topological polar surface area (TPSA) is 6.48 Å². The van der Waals surface area contributed by atoms with Gasteiger partial charge in [0.05, 0.1) is 0 Å². The van der Waals surface area contributed by atoms with Crippen molar-refractivity contribution in [2.24, 2.45) is 0 Å². The van der Waals surface area contributed by atoms with Crippen molar-refractivity contribution < 1.29 is 8.78 Å². The molecule has 0 aliphatic carbocycles. The molecular weight excluding hydrogens is 326 g/mol. The summed E-state index contributed by atoms with van der Waals surface area (Å²) in [6.07, 6.45) is 3.59. The van der Waals surface area contributed by atoms with Gasteiger partial charge in [0.15, 0.2) is 11.6 Å². The highest BCUT2D eigenvalue weighted by molar-refractivity contribution is 9.10. The monoisotopic (exact) mass is 344 g/mol. The van der Waals surface area contributed by atoms with E-state index in [0.717, 1.165) is 26.1 Å². The summed E-state index contributed by atoms with van der Waals surface area (Å²) in [7, 11) is 0. The molecule has 110 valence electrons. The van der Waals surface area contributed by atoms with Gasteiger partial charge < -0.3 is 4.90 Å². The van der Waals surface area contributed by atoms with E-state index in [9.17, 15) is 8.78 Å². The second kappa shape index (κ2) is 5.60. The zero-order valence-electron chi connectivity index (χ0n) is 11.6. The molecule has 0 amide bonds. The first kappa shape index (κ1) is 14.3. The predicted molar refractivity (Wildman–Crippen MR) is 80.1 cm³/mol. The Labute approximate surface area is 126 Å². The fraction of sp³-hybridized carbons (Fsp3) is 0.600. The zero-order chi connectivity index (χ0) is 14.3. The van der Waals surface area contributed by atoms with E-state index in [2.05, 4.69) is 20.8 Å². The Morgan fingerprint density at radius 3 is 2.55 bits per heavy atom. The third-order valence-electron chi connectivity index (χ3n) is 4.46. The maximum atomic E-state index is 14.2. The Morgan fingerprint density at radius 2 is 1.85 bits per heavy atom. The number of hydrogen-bond acceptors (Lipinski definition) is 2. The van der Waals surface area contributed by atoms with Crippen LogP contribution in [0, 0.1) is 11.6 Å². The summed E-state index contributed by atoms with van der Waals surface area (Å²) >= 11 is 3.13. The molecule has 2 saturated heterocycles. The number of nitrogens with zero attached hydrogens (tertiary/aromatic N) is 2. The number of benzene rings is 1. The molecule has 2 heterocycles. The number of fused-ring (bicyclic) bond motifs is 1. The van der Waals surface area contributed by atoms with Crippen molar-refractivity contribution >= 4 is 21.6 Å². The molecule has 2 aliphatic heterocycles. The minimum atomic E-state index is -0.479. The van der Waals surface area contributed by atoms with Gasteiger partial charge in [-0.1, -0.05) is 22.4 Å². The fourth-order valence-corrected chi connectivity index (χ4v) is 3.87. The lowest BCUT2D eigenvalue weighted by Crippen LogP contribution is -2.59. The van der Waals surface area contributed by atoms with E-state index in [0.29, 0.717) is 10.5 Å². The van der Waals surface area contributed by atoms with E-state index in [1.165, 1.54) is 25.0 Å². The molecule has 0 bridgehead atoms. The number of piperazine rings is 1. The quantitative estimate of drug-likeness (QED) is 0.764. The highest BCUT2D eigenvalue weighted by Gasteiger charge is 2.35. The van der Waals surface area contributed by atoms with Crippen LogP contribution in [0.4, 0.5) is 14.5 Å². The Hall–Kier alpha value is -0.680. The van der Waals surface area contributed by atoms with Crippen molar-refractivity contribution in [3.05, 3.63) is 28.2 Å². The van der Waals surface area contributed by atoms with Crippen LogP contribution in [0.5, 0.6) is 0 Å². The van der Waals surface area contributed by atoms with Crippen molar-refractivity contribution in [3.8, 4) is 0 Å². The molecule has 2 nitrogen and oxygen atoms in total. The molecule has 0 N–H and O–H groups in total. The predicted octanol–water partition coefficient (Wildman–Crippen LogP) is 3.79. The van der Waals surface area contributed by atoms with Crippen LogP contribution < -0.4 is 4.90 Å². The molecule has 1 aromatic carbocycles. The molecule has 2 atom stereocenters. The minimum absolute atomic E-state index is 0.130. The summed E-state index contributed by atoms with van der Waals surface area (Å²) in [5.74, 6) is -0.957. The highest BCUT2D eigenvalue weighted by atomic mass is 79.9. The van der Waals surface area contributed by atoms with E-state index in [1.807, 2.05) is 11.8 Å². The third kappa shape index (κ3) is 2.58. The molecule has 0 radical (unpaired) electrons. The minimum Gasteiger partial charge on any atom is -0.361 e. The van der Waals surface area contributed by atoms with Gasteiger partial charge in [0.1, 0.15) is 5.69 Å². The largest absolute Gasteiger partial charge is 0.361 e. The van der Waals surface area contributed by atoms with E-state index >= 15 is 0 Å². The number of anilines is 1. The van der Waals surface area contributed by atoms with Gasteiger partial charge in [-0.3, -0.25) is 4.90 Å². The van der Waals surface area contributed by atoms with Crippen molar-refractivity contribution in [1.29, 1.82) is 0 Å². The lowest BCUT2D eigenvalue weighted by molar-refractivity contribution is 0.115. The van der Waals surface area contributed by atoms with Crippen molar-refractivity contribution in [1.82, 2.24) is 4.90 Å². The van der Waals surface area contributed by atoms with Crippen LogP contribution in [0.3, 0.4) is 0 Å². The number of halogens is 3. The van der Waals surface area contributed by atoms with Gasteiger partial charge in [0, 0.05) is 29.6 Å². The molecular formula is C15H19BrF2N2. The third-order valence-corrected chi connectivity index (χ3v) is 4.91. The molecule has 2 fully saturated rings. The van der Waals surface area contributed by atoms with Crippen LogP contribution >= 0.6 is 15.9 Å². The van der Waals surface area contributed by atoms with Gasteiger partial charge in [-0.15, -0.1) is 0 Å². The maximum absolute atomic E-state index is 14.2. The Bertz CT molecular complexity index is 486. The highest BCUT2D eigenvalue weighted by Crippen LogP contribution is 2.33. The first-order valence-electron chi connectivity index (χ1n) is 7.21. The van der Waals surface area contributed by atoms with Crippen molar-refractivity contribution in [3.63, 3.8) is 0 Å². The molecule has 0 saturated carbocycles. The first-order valence-corrected chi connectivity index (χ1v) is 8.01. The number of piperidine rings is 1. The summed E-state index contributed by atoms with van der Waals surface area (Å²) in [6, 6.07) is 3.26. The second-order valence-corrected chi connectivity index (χ2v) is 6.78. The van der Waals surface area contributed by atoms with Crippen LogP contribution in [-0.4, -0.2) is 36.6 Å². The van der Waals surface area contributed by atoms with Crippen molar-refractivity contribution in [2.45, 2.75) is 38.3 Å². The summed E-state index contributed by atoms with van der Waals surface area (Å²) in [6.45, 7) is 4.77. The van der Waals surface area contributed by atoms with E-state index in [1.54, 1.807) is 0 Å².